The molecule has 2 aromatic rings. The Morgan fingerprint density at radius 3 is 2.20 bits per heavy atom. The van der Waals surface area contributed by atoms with E-state index in [0.717, 1.165) is 63.4 Å². The molecule has 2 atom stereocenters. The number of hydrogen-bond donors (Lipinski definition) is 1. The molecule has 2 bridgehead atoms. The van der Waals surface area contributed by atoms with Crippen LogP contribution in [0.1, 0.15) is 24.0 Å². The van der Waals surface area contributed by atoms with Crippen molar-refractivity contribution >= 4 is 10.0 Å². The topological polar surface area (TPSA) is 94.9 Å². The Labute approximate surface area is 208 Å². The molecule has 0 amide bonds. The molecule has 0 saturated carbocycles. The van der Waals surface area contributed by atoms with Gasteiger partial charge in [-0.1, -0.05) is 30.3 Å². The molecule has 8 nitrogen and oxygen atoms in total. The molecule has 0 aliphatic carbocycles. The average Bonchev–Trinajstić information content (AvgIpc) is 2.85. The summed E-state index contributed by atoms with van der Waals surface area (Å²) >= 11 is 0. The molecule has 2 fully saturated rings. The summed E-state index contributed by atoms with van der Waals surface area (Å²) in [5, 5.41) is 8.87. The van der Waals surface area contributed by atoms with Gasteiger partial charge in [0.05, 0.1) is 36.2 Å². The molecule has 0 spiro atoms. The van der Waals surface area contributed by atoms with E-state index in [1.54, 1.807) is 12.1 Å². The highest BCUT2D eigenvalue weighted by Gasteiger charge is 2.34. The van der Waals surface area contributed by atoms with Crippen LogP contribution in [-0.4, -0.2) is 82.8 Å². The van der Waals surface area contributed by atoms with Gasteiger partial charge in [0.25, 0.3) is 0 Å². The molecular formula is C26H34N4O4S. The second kappa shape index (κ2) is 12.5. The molecule has 9 heteroatoms. The van der Waals surface area contributed by atoms with Crippen molar-refractivity contribution < 1.29 is 17.9 Å². The summed E-state index contributed by atoms with van der Waals surface area (Å²) in [6, 6.07) is 18.6. The molecule has 2 aliphatic rings. The molecule has 4 rings (SSSR count). The van der Waals surface area contributed by atoms with Gasteiger partial charge in [-0.05, 0) is 49.2 Å². The van der Waals surface area contributed by atoms with Crippen molar-refractivity contribution in [3.8, 4) is 11.8 Å². The van der Waals surface area contributed by atoms with Crippen LogP contribution in [0.3, 0.4) is 0 Å². The molecule has 2 heterocycles. The highest BCUT2D eigenvalue weighted by Crippen LogP contribution is 2.20. The third-order valence-electron chi connectivity index (χ3n) is 6.28. The molecule has 0 aromatic heterocycles. The first-order valence-electron chi connectivity index (χ1n) is 12.2. The van der Waals surface area contributed by atoms with E-state index in [1.807, 2.05) is 42.5 Å². The second-order valence-corrected chi connectivity index (χ2v) is 11.0. The Morgan fingerprint density at radius 1 is 0.943 bits per heavy atom. The van der Waals surface area contributed by atoms with E-state index in [4.69, 9.17) is 14.7 Å². The number of fused-ring (bicyclic) bond motifs is 2. The first kappa shape index (κ1) is 25.6. The van der Waals surface area contributed by atoms with Crippen LogP contribution in [0.2, 0.25) is 0 Å². The third-order valence-corrected chi connectivity index (χ3v) is 7.63. The van der Waals surface area contributed by atoms with Crippen LogP contribution in [0, 0.1) is 11.3 Å². The molecular weight excluding hydrogens is 464 g/mol. The molecule has 0 radical (unpaired) electrons. The van der Waals surface area contributed by atoms with Crippen LogP contribution in [0.25, 0.3) is 0 Å². The SMILES string of the molecule is N#Cc1ccc(OCCCN2CC3CN(CCCNS(=O)(=O)Cc4ccccc4)CC(C2)O3)cc1. The number of nitrogens with one attached hydrogen (secondary N) is 1. The van der Waals surface area contributed by atoms with Crippen LogP contribution in [0.15, 0.2) is 54.6 Å². The fraction of sp³-hybridized carbons (Fsp3) is 0.500. The van der Waals surface area contributed by atoms with Gasteiger partial charge in [-0.2, -0.15) is 5.26 Å². The maximum atomic E-state index is 12.3. The molecule has 2 aliphatic heterocycles. The number of benzene rings is 2. The van der Waals surface area contributed by atoms with Gasteiger partial charge in [-0.25, -0.2) is 13.1 Å². The Morgan fingerprint density at radius 2 is 1.57 bits per heavy atom. The predicted molar refractivity (Wildman–Crippen MR) is 134 cm³/mol. The quantitative estimate of drug-likeness (QED) is 0.449. The summed E-state index contributed by atoms with van der Waals surface area (Å²) in [6.07, 6.45) is 2.10. The van der Waals surface area contributed by atoms with Gasteiger partial charge >= 0.3 is 0 Å². The lowest BCUT2D eigenvalue weighted by Gasteiger charge is -2.46. The largest absolute Gasteiger partial charge is 0.494 e. The van der Waals surface area contributed by atoms with Crippen molar-refractivity contribution in [1.82, 2.24) is 14.5 Å². The summed E-state index contributed by atoms with van der Waals surface area (Å²) in [5.74, 6) is 0.810. The van der Waals surface area contributed by atoms with Gasteiger partial charge in [0.1, 0.15) is 5.75 Å². The minimum Gasteiger partial charge on any atom is -0.494 e. The summed E-state index contributed by atoms with van der Waals surface area (Å²) in [5.41, 5.74) is 1.43. The normalized spacial score (nSPS) is 20.9. The van der Waals surface area contributed by atoms with E-state index in [-0.39, 0.29) is 18.0 Å². The Hall–Kier alpha value is -2.48. The van der Waals surface area contributed by atoms with Gasteiger partial charge in [-0.3, -0.25) is 9.80 Å². The van der Waals surface area contributed by atoms with E-state index in [9.17, 15) is 8.42 Å². The summed E-state index contributed by atoms with van der Waals surface area (Å²) in [4.78, 5) is 4.85. The monoisotopic (exact) mass is 498 g/mol. The second-order valence-electron chi connectivity index (χ2n) is 9.23. The Bertz CT molecular complexity index is 1060. The van der Waals surface area contributed by atoms with E-state index < -0.39 is 10.0 Å². The minimum absolute atomic E-state index is 0.0177. The van der Waals surface area contributed by atoms with Crippen LogP contribution in [0.5, 0.6) is 5.75 Å². The third kappa shape index (κ3) is 8.30. The lowest BCUT2D eigenvalue weighted by atomic mass is 10.1. The Kier molecular flexibility index (Phi) is 9.12. The van der Waals surface area contributed by atoms with Crippen molar-refractivity contribution in [2.24, 2.45) is 0 Å². The molecule has 2 aromatic carbocycles. The van der Waals surface area contributed by atoms with Gasteiger partial charge < -0.3 is 9.47 Å². The molecule has 2 unspecified atom stereocenters. The maximum Gasteiger partial charge on any atom is 0.215 e. The lowest BCUT2D eigenvalue weighted by molar-refractivity contribution is -0.138. The van der Waals surface area contributed by atoms with E-state index in [0.29, 0.717) is 18.7 Å². The van der Waals surface area contributed by atoms with Gasteiger partial charge in [0, 0.05) is 39.3 Å². The minimum atomic E-state index is -3.32. The highest BCUT2D eigenvalue weighted by atomic mass is 32.2. The number of hydrogen-bond acceptors (Lipinski definition) is 7. The summed E-state index contributed by atoms with van der Waals surface area (Å²) < 4.78 is 39.3. The zero-order valence-electron chi connectivity index (χ0n) is 20.0. The molecule has 1 N–H and O–H groups in total. The molecule has 2 saturated heterocycles. The number of rotatable bonds is 12. The van der Waals surface area contributed by atoms with Crippen LogP contribution >= 0.6 is 0 Å². The van der Waals surface area contributed by atoms with Gasteiger partial charge in [0.2, 0.25) is 10.0 Å². The van der Waals surface area contributed by atoms with Crippen molar-refractivity contribution in [3.63, 3.8) is 0 Å². The van der Waals surface area contributed by atoms with Crippen LogP contribution in [0.4, 0.5) is 0 Å². The zero-order chi connectivity index (χ0) is 24.5. The van der Waals surface area contributed by atoms with Crippen LogP contribution < -0.4 is 9.46 Å². The average molecular weight is 499 g/mol. The standard InChI is InChI=1S/C26H34N4O4S/c27-16-22-8-10-24(11-9-22)33-15-5-14-30-19-25-17-29(18-26(20-30)34-25)13-4-12-28-35(31,32)21-23-6-2-1-3-7-23/h1-3,6-11,25-26,28H,4-5,12-15,17-21H2. The molecule has 188 valence electrons. The smallest absolute Gasteiger partial charge is 0.215 e. The van der Waals surface area contributed by atoms with Crippen LogP contribution in [-0.2, 0) is 20.5 Å². The molecule has 35 heavy (non-hydrogen) atoms. The van der Waals surface area contributed by atoms with Crippen molar-refractivity contribution in [3.05, 3.63) is 65.7 Å². The number of nitrogens with zero attached hydrogens (tertiary/aromatic N) is 3. The fourth-order valence-corrected chi connectivity index (χ4v) is 5.89. The summed E-state index contributed by atoms with van der Waals surface area (Å²) in [7, 11) is -3.32. The number of morpholine rings is 2. The highest BCUT2D eigenvalue weighted by molar-refractivity contribution is 7.88. The first-order valence-corrected chi connectivity index (χ1v) is 13.9. The number of ether oxygens (including phenoxy) is 2. The number of nitriles is 1. The van der Waals surface area contributed by atoms with E-state index in [1.165, 1.54) is 0 Å². The van der Waals surface area contributed by atoms with Crippen molar-refractivity contribution in [2.45, 2.75) is 30.8 Å². The fourth-order valence-electron chi connectivity index (χ4n) is 4.70. The lowest BCUT2D eigenvalue weighted by Crippen LogP contribution is -2.59. The number of sulfonamides is 1. The maximum absolute atomic E-state index is 12.3. The summed E-state index contributed by atoms with van der Waals surface area (Å²) in [6.45, 7) is 6.51. The van der Waals surface area contributed by atoms with E-state index >= 15 is 0 Å². The zero-order valence-corrected chi connectivity index (χ0v) is 20.8. The first-order chi connectivity index (χ1) is 17.0. The van der Waals surface area contributed by atoms with Gasteiger partial charge in [0.15, 0.2) is 0 Å². The van der Waals surface area contributed by atoms with E-state index in [2.05, 4.69) is 20.6 Å². The van der Waals surface area contributed by atoms with Gasteiger partial charge in [-0.15, -0.1) is 0 Å². The van der Waals surface area contributed by atoms with Crippen molar-refractivity contribution in [1.29, 1.82) is 5.26 Å². The van der Waals surface area contributed by atoms with Crippen molar-refractivity contribution in [2.75, 3.05) is 52.4 Å². The Balaban J connectivity index is 1.10. The predicted octanol–water partition coefficient (Wildman–Crippen LogP) is 2.22.